The van der Waals surface area contributed by atoms with Crippen LogP contribution in [0.3, 0.4) is 0 Å². The molecule has 3 atom stereocenters. The highest BCUT2D eigenvalue weighted by Gasteiger charge is 2.23. The number of ether oxygens (including phenoxy) is 1. The third-order valence-electron chi connectivity index (χ3n) is 2.80. The Kier molecular flexibility index (Phi) is 5.74. The molecule has 6 nitrogen and oxygen atoms in total. The molecule has 1 fully saturated rings. The van der Waals surface area contributed by atoms with Crippen molar-refractivity contribution in [3.63, 3.8) is 0 Å². The number of nitrogens with one attached hydrogen (secondary N) is 2. The van der Waals surface area contributed by atoms with Gasteiger partial charge in [0.2, 0.25) is 0 Å². The molecule has 0 aliphatic carbocycles. The second-order valence-electron chi connectivity index (χ2n) is 4.90. The van der Waals surface area contributed by atoms with Crippen molar-refractivity contribution >= 4 is 5.78 Å². The van der Waals surface area contributed by atoms with Gasteiger partial charge < -0.3 is 21.5 Å². The Morgan fingerprint density at radius 3 is 2.83 bits per heavy atom. The third-order valence-corrected chi connectivity index (χ3v) is 2.80. The van der Waals surface area contributed by atoms with Crippen molar-refractivity contribution in [2.24, 2.45) is 11.5 Å². The first-order valence-electron chi connectivity index (χ1n) is 6.25. The maximum absolute atomic E-state index is 10.9. The molecule has 1 aliphatic rings. The molecule has 1 heterocycles. The summed E-state index contributed by atoms with van der Waals surface area (Å²) in [6.45, 7) is 4.12. The number of carbonyl (C=O) groups is 1. The molecule has 104 valence electrons. The van der Waals surface area contributed by atoms with Crippen LogP contribution in [0.1, 0.15) is 26.7 Å². The van der Waals surface area contributed by atoms with Crippen molar-refractivity contribution in [1.29, 1.82) is 0 Å². The molecule has 0 saturated carbocycles. The topological polar surface area (TPSA) is 102 Å². The fraction of sp³-hybridized carbons (Fsp3) is 0.750. The van der Waals surface area contributed by atoms with Crippen molar-refractivity contribution in [2.75, 3.05) is 13.1 Å². The van der Waals surface area contributed by atoms with Gasteiger partial charge in [0.25, 0.3) is 0 Å². The second-order valence-corrected chi connectivity index (χ2v) is 4.90. The van der Waals surface area contributed by atoms with E-state index in [1.807, 2.05) is 0 Å². The van der Waals surface area contributed by atoms with Crippen LogP contribution in [-0.2, 0) is 9.53 Å². The van der Waals surface area contributed by atoms with Crippen molar-refractivity contribution in [2.45, 2.75) is 44.7 Å². The van der Waals surface area contributed by atoms with Gasteiger partial charge in [-0.3, -0.25) is 10.1 Å². The zero-order valence-corrected chi connectivity index (χ0v) is 11.1. The van der Waals surface area contributed by atoms with Gasteiger partial charge in [-0.1, -0.05) is 0 Å². The van der Waals surface area contributed by atoms with Gasteiger partial charge >= 0.3 is 0 Å². The Hall–Kier alpha value is -0.950. The number of carbonyl (C=O) groups excluding carboxylic acids is 1. The quantitative estimate of drug-likeness (QED) is 0.454. The van der Waals surface area contributed by atoms with E-state index >= 15 is 0 Å². The van der Waals surface area contributed by atoms with Crippen molar-refractivity contribution < 1.29 is 9.53 Å². The molecule has 0 radical (unpaired) electrons. The summed E-state index contributed by atoms with van der Waals surface area (Å²) in [5.74, 6) is 0.0537. The Labute approximate surface area is 108 Å². The zero-order valence-electron chi connectivity index (χ0n) is 11.1. The molecule has 1 rings (SSSR count). The van der Waals surface area contributed by atoms with Crippen molar-refractivity contribution in [3.8, 4) is 0 Å². The Balaban J connectivity index is 2.28. The van der Waals surface area contributed by atoms with Crippen LogP contribution in [0.15, 0.2) is 12.3 Å². The van der Waals surface area contributed by atoms with Crippen LogP contribution in [0, 0.1) is 0 Å². The summed E-state index contributed by atoms with van der Waals surface area (Å²) in [5.41, 5.74) is 10.8. The summed E-state index contributed by atoms with van der Waals surface area (Å²) >= 11 is 0. The summed E-state index contributed by atoms with van der Waals surface area (Å²) in [5, 5.41) is 6.07. The lowest BCUT2D eigenvalue weighted by molar-refractivity contribution is -0.116. The lowest BCUT2D eigenvalue weighted by Crippen LogP contribution is -2.50. The van der Waals surface area contributed by atoms with Gasteiger partial charge in [-0.05, 0) is 39.0 Å². The minimum Gasteiger partial charge on any atom is -0.366 e. The molecular weight excluding hydrogens is 232 g/mol. The standard InChI is InChI=1S/C12H24N4O2/c1-9(17)8-16-12(2,14)5-6-15-11-4-3-10(7-13)18-11/h5-6,10-11,15-16H,3-4,7-8,13-14H2,1-2H3/b6-5-/t10-,11?,12?/m0/s1. The van der Waals surface area contributed by atoms with E-state index in [1.165, 1.54) is 6.92 Å². The van der Waals surface area contributed by atoms with E-state index in [2.05, 4.69) is 10.6 Å². The van der Waals surface area contributed by atoms with Gasteiger partial charge in [0, 0.05) is 6.54 Å². The predicted molar refractivity (Wildman–Crippen MR) is 70.5 cm³/mol. The van der Waals surface area contributed by atoms with Gasteiger partial charge in [0.05, 0.1) is 18.3 Å². The highest BCUT2D eigenvalue weighted by Crippen LogP contribution is 2.16. The Morgan fingerprint density at radius 1 is 1.56 bits per heavy atom. The summed E-state index contributed by atoms with van der Waals surface area (Å²) in [7, 11) is 0. The van der Waals surface area contributed by atoms with Crippen LogP contribution in [0.4, 0.5) is 0 Å². The molecule has 18 heavy (non-hydrogen) atoms. The maximum atomic E-state index is 10.9. The molecule has 1 aliphatic heterocycles. The number of nitrogens with two attached hydrogens (primary N) is 2. The van der Waals surface area contributed by atoms with E-state index in [0.717, 1.165) is 12.8 Å². The number of rotatable bonds is 7. The molecule has 0 aromatic heterocycles. The largest absolute Gasteiger partial charge is 0.366 e. The molecule has 1 saturated heterocycles. The van der Waals surface area contributed by atoms with E-state index in [4.69, 9.17) is 16.2 Å². The van der Waals surface area contributed by atoms with E-state index in [1.54, 1.807) is 19.2 Å². The van der Waals surface area contributed by atoms with E-state index in [-0.39, 0.29) is 24.7 Å². The first kappa shape index (κ1) is 15.1. The van der Waals surface area contributed by atoms with Gasteiger partial charge in [0.15, 0.2) is 0 Å². The van der Waals surface area contributed by atoms with E-state index < -0.39 is 5.66 Å². The van der Waals surface area contributed by atoms with E-state index in [9.17, 15) is 4.79 Å². The average Bonchev–Trinajstić information content (AvgIpc) is 2.74. The normalized spacial score (nSPS) is 27.3. The summed E-state index contributed by atoms with van der Waals surface area (Å²) in [6, 6.07) is 0. The van der Waals surface area contributed by atoms with Gasteiger partial charge in [-0.15, -0.1) is 0 Å². The molecule has 6 N–H and O–H groups in total. The van der Waals surface area contributed by atoms with E-state index in [0.29, 0.717) is 6.54 Å². The zero-order chi connectivity index (χ0) is 13.6. The number of hydrogen-bond acceptors (Lipinski definition) is 6. The summed E-state index contributed by atoms with van der Waals surface area (Å²) in [4.78, 5) is 10.9. The lowest BCUT2D eigenvalue weighted by atomic mass is 10.2. The van der Waals surface area contributed by atoms with Crippen LogP contribution in [0.5, 0.6) is 0 Å². The maximum Gasteiger partial charge on any atom is 0.143 e. The van der Waals surface area contributed by atoms with Gasteiger partial charge in [-0.2, -0.15) is 0 Å². The number of hydrogen-bond donors (Lipinski definition) is 4. The van der Waals surface area contributed by atoms with Crippen molar-refractivity contribution in [1.82, 2.24) is 10.6 Å². The molecule has 0 spiro atoms. The molecule has 0 aromatic rings. The molecule has 0 amide bonds. The van der Waals surface area contributed by atoms with Crippen LogP contribution in [-0.4, -0.2) is 36.9 Å². The predicted octanol–water partition coefficient (Wildman–Crippen LogP) is -0.593. The van der Waals surface area contributed by atoms with Crippen molar-refractivity contribution in [3.05, 3.63) is 12.3 Å². The average molecular weight is 256 g/mol. The molecule has 0 bridgehead atoms. The number of ketones is 1. The van der Waals surface area contributed by atoms with Crippen LogP contribution < -0.4 is 22.1 Å². The van der Waals surface area contributed by atoms with Gasteiger partial charge in [-0.25, -0.2) is 0 Å². The summed E-state index contributed by atoms with van der Waals surface area (Å²) in [6.07, 6.45) is 5.60. The van der Waals surface area contributed by atoms with Gasteiger partial charge in [0.1, 0.15) is 12.0 Å². The number of Topliss-reactive ketones (excluding diaryl/α,β-unsaturated/α-hetero) is 1. The monoisotopic (exact) mass is 256 g/mol. The second kappa shape index (κ2) is 6.84. The lowest BCUT2D eigenvalue weighted by Gasteiger charge is -2.22. The highest BCUT2D eigenvalue weighted by molar-refractivity contribution is 5.77. The fourth-order valence-corrected chi connectivity index (χ4v) is 1.70. The van der Waals surface area contributed by atoms with Crippen LogP contribution >= 0.6 is 0 Å². The highest BCUT2D eigenvalue weighted by atomic mass is 16.5. The third kappa shape index (κ3) is 5.59. The first-order valence-corrected chi connectivity index (χ1v) is 6.25. The summed E-state index contributed by atoms with van der Waals surface area (Å²) < 4.78 is 5.62. The van der Waals surface area contributed by atoms with Crippen LogP contribution in [0.25, 0.3) is 0 Å². The fourth-order valence-electron chi connectivity index (χ4n) is 1.70. The Morgan fingerprint density at radius 2 is 2.28 bits per heavy atom. The van der Waals surface area contributed by atoms with Crippen LogP contribution in [0.2, 0.25) is 0 Å². The minimum absolute atomic E-state index is 0.00147. The smallest absolute Gasteiger partial charge is 0.143 e. The molecule has 0 aromatic carbocycles. The molecule has 6 heteroatoms. The SMILES string of the molecule is CC(=O)CNC(C)(N)/C=C\NC1CC[C@@H](CN)O1. The molecule has 2 unspecified atom stereocenters. The molecular formula is C12H24N4O2. The minimum atomic E-state index is -0.718. The Bertz CT molecular complexity index is 304. The first-order chi connectivity index (χ1) is 8.43.